The average Bonchev–Trinajstić information content (AvgIpc) is 4.07. The third kappa shape index (κ3) is 8.84. The molecule has 2 atom stereocenters. The van der Waals surface area contributed by atoms with Crippen LogP contribution in [0, 0.1) is 13.8 Å². The molecule has 0 spiro atoms. The number of methoxy groups -OCH3 is 2. The average molecular weight is 903 g/mol. The molecule has 0 radical (unpaired) electrons. The third-order valence-electron chi connectivity index (χ3n) is 12.2. The summed E-state index contributed by atoms with van der Waals surface area (Å²) in [6, 6.07) is 10.0. The van der Waals surface area contributed by atoms with Gasteiger partial charge in [0.05, 0.1) is 56.9 Å². The van der Waals surface area contributed by atoms with E-state index in [1.165, 1.54) is 0 Å². The maximum Gasteiger partial charge on any atom is 0.276 e. The number of amides is 4. The molecular weight excluding hydrogens is 845 g/mol. The highest BCUT2D eigenvalue weighted by atomic mass is 16.5. The number of nitrogens with one attached hydrogen (secondary N) is 2. The first-order chi connectivity index (χ1) is 31.8. The zero-order valence-electron chi connectivity index (χ0n) is 38.3. The fourth-order valence-electron chi connectivity index (χ4n) is 9.30. The van der Waals surface area contributed by atoms with Crippen molar-refractivity contribution in [2.45, 2.75) is 78.6 Å². The predicted molar refractivity (Wildman–Crippen MR) is 252 cm³/mol. The van der Waals surface area contributed by atoms with Crippen molar-refractivity contribution in [3.8, 4) is 0 Å². The highest BCUT2D eigenvalue weighted by molar-refractivity contribution is 6.07. The summed E-state index contributed by atoms with van der Waals surface area (Å²) >= 11 is 0. The fourth-order valence-corrected chi connectivity index (χ4v) is 9.30. The first-order valence-electron chi connectivity index (χ1n) is 22.4. The Balaban J connectivity index is 1.16. The number of anilines is 4. The summed E-state index contributed by atoms with van der Waals surface area (Å²) in [5.41, 5.74) is 18.8. The van der Waals surface area contributed by atoms with Gasteiger partial charge in [0, 0.05) is 77.8 Å². The number of carbonyl (C=O) groups excluding carboxylic acids is 4. The first kappa shape index (κ1) is 45.5. The van der Waals surface area contributed by atoms with Gasteiger partial charge in [-0.05, 0) is 89.8 Å². The molecule has 4 aromatic heterocycles. The smallest absolute Gasteiger partial charge is 0.276 e. The van der Waals surface area contributed by atoms with Crippen molar-refractivity contribution in [3.05, 3.63) is 82.5 Å². The quantitative estimate of drug-likeness (QED) is 0.0587. The van der Waals surface area contributed by atoms with E-state index in [1.54, 1.807) is 60.0 Å². The highest BCUT2D eigenvalue weighted by Gasteiger charge is 2.34. The van der Waals surface area contributed by atoms with Crippen LogP contribution in [-0.4, -0.2) is 116 Å². The van der Waals surface area contributed by atoms with E-state index in [0.717, 1.165) is 46.6 Å². The molecule has 6 aromatic rings. The van der Waals surface area contributed by atoms with Gasteiger partial charge in [-0.15, -0.1) is 0 Å². The lowest BCUT2D eigenvalue weighted by Crippen LogP contribution is -2.37. The third-order valence-corrected chi connectivity index (χ3v) is 12.2. The Morgan fingerprint density at radius 2 is 1.08 bits per heavy atom. The molecule has 20 heteroatoms. The number of aromatic nitrogens is 8. The Bertz CT molecular complexity index is 2660. The van der Waals surface area contributed by atoms with Crippen molar-refractivity contribution in [3.63, 3.8) is 0 Å². The molecular formula is C46H58N14O6. The molecule has 66 heavy (non-hydrogen) atoms. The molecule has 8 rings (SSSR count). The zero-order chi connectivity index (χ0) is 46.8. The summed E-state index contributed by atoms with van der Waals surface area (Å²) in [5, 5.41) is 15.1. The van der Waals surface area contributed by atoms with Crippen LogP contribution >= 0.6 is 0 Å². The lowest BCUT2D eigenvalue weighted by molar-refractivity contribution is 0.0992. The Morgan fingerprint density at radius 1 is 0.667 bits per heavy atom. The summed E-state index contributed by atoms with van der Waals surface area (Å²) in [6.45, 7) is 12.0. The van der Waals surface area contributed by atoms with Gasteiger partial charge >= 0.3 is 0 Å². The van der Waals surface area contributed by atoms with Crippen LogP contribution in [0.4, 0.5) is 23.3 Å². The van der Waals surface area contributed by atoms with Crippen molar-refractivity contribution in [2.75, 3.05) is 74.0 Å². The lowest BCUT2D eigenvalue weighted by Gasteiger charge is -2.37. The van der Waals surface area contributed by atoms with Crippen LogP contribution in [-0.2, 0) is 22.6 Å². The van der Waals surface area contributed by atoms with E-state index in [0.29, 0.717) is 111 Å². The summed E-state index contributed by atoms with van der Waals surface area (Å²) in [4.78, 5) is 67.3. The van der Waals surface area contributed by atoms with Crippen LogP contribution in [0.5, 0.6) is 0 Å². The van der Waals surface area contributed by atoms with Crippen molar-refractivity contribution < 1.29 is 28.7 Å². The van der Waals surface area contributed by atoms with E-state index < -0.39 is 11.8 Å². The summed E-state index contributed by atoms with van der Waals surface area (Å²) < 4.78 is 18.3. The van der Waals surface area contributed by atoms with Gasteiger partial charge in [-0.1, -0.05) is 12.2 Å². The Morgan fingerprint density at radius 3 is 1.44 bits per heavy atom. The van der Waals surface area contributed by atoms with Gasteiger partial charge in [0.1, 0.15) is 11.4 Å². The number of ether oxygens (including phenoxy) is 2. The number of aryl methyl sites for hydroxylation is 4. The molecule has 2 aliphatic heterocycles. The largest absolute Gasteiger partial charge is 0.385 e. The minimum absolute atomic E-state index is 0.194. The van der Waals surface area contributed by atoms with Crippen LogP contribution in [0.3, 0.4) is 0 Å². The van der Waals surface area contributed by atoms with Crippen LogP contribution in [0.1, 0.15) is 105 Å². The van der Waals surface area contributed by atoms with Crippen molar-refractivity contribution in [1.29, 1.82) is 0 Å². The second kappa shape index (κ2) is 19.2. The lowest BCUT2D eigenvalue weighted by atomic mass is 10.0. The molecule has 348 valence electrons. The van der Waals surface area contributed by atoms with Gasteiger partial charge in [0.15, 0.2) is 0 Å². The second-order valence-corrected chi connectivity index (χ2v) is 16.8. The number of nitrogens with two attached hydrogens (primary N) is 2. The van der Waals surface area contributed by atoms with Gasteiger partial charge in [-0.2, -0.15) is 10.2 Å². The van der Waals surface area contributed by atoms with E-state index in [2.05, 4.69) is 51.9 Å². The number of primary amides is 2. The molecule has 2 aromatic carbocycles. The van der Waals surface area contributed by atoms with E-state index in [1.807, 2.05) is 27.7 Å². The topological polar surface area (TPSA) is 241 Å². The standard InChI is InChI=1S/C46H58N14O6/c1-7-57-37(19-27(3)53-57)43(63)51-45-49-33-21-29(41(47)61)23-35-39(33)59(45)31(25-55(35)15-11-17-65-5)13-9-10-14-32-26-56(16-12-18-66-6)36-24-30(42(48)62)22-34-40(36)60(32)46(50-34)52-44(64)38-20-28(4)54-58(38)8-2/h9-10,19-24,31-32H,7-8,11-18,25-26H2,1-6H3,(H2,47,61)(H2,48,62)(H,49,51,63)(H,50,52,64)/b10-9-/t31-,32-/m0/s1. The van der Waals surface area contributed by atoms with Crippen LogP contribution in [0.2, 0.25) is 0 Å². The maximum absolute atomic E-state index is 13.9. The molecule has 4 amide bonds. The molecule has 6 N–H and O–H groups in total. The van der Waals surface area contributed by atoms with Crippen molar-refractivity contribution >= 4 is 69.0 Å². The summed E-state index contributed by atoms with van der Waals surface area (Å²) in [5.74, 6) is -1.15. The summed E-state index contributed by atoms with van der Waals surface area (Å²) in [6.07, 6.45) is 6.88. The van der Waals surface area contributed by atoms with Crippen LogP contribution < -0.4 is 31.9 Å². The molecule has 0 fully saturated rings. The minimum atomic E-state index is -0.575. The monoisotopic (exact) mass is 902 g/mol. The fraction of sp³-hybridized carbons (Fsp3) is 0.435. The SMILES string of the molecule is CCn1nc(C)cc1C(=O)Nc1nc2cc(C(N)=O)cc3c2n1[C@@H](C/C=C\C[C@H]1CN(CCCOC)c2cc(C(N)=O)cc4nc(NC(=O)c5cc(C)nn5CC)n1c24)CN3CCCOC. The van der Waals surface area contributed by atoms with Gasteiger partial charge in [0.2, 0.25) is 23.7 Å². The van der Waals surface area contributed by atoms with Gasteiger partial charge < -0.3 is 39.9 Å². The van der Waals surface area contributed by atoms with E-state index in [9.17, 15) is 19.2 Å². The van der Waals surface area contributed by atoms with Crippen molar-refractivity contribution in [2.24, 2.45) is 11.5 Å². The number of imidazole rings is 2. The van der Waals surface area contributed by atoms with Crippen molar-refractivity contribution in [1.82, 2.24) is 38.7 Å². The van der Waals surface area contributed by atoms with Gasteiger partial charge in [0.25, 0.3) is 11.8 Å². The Kier molecular flexibility index (Phi) is 13.2. The molecule has 0 unspecified atom stereocenters. The Labute approximate surface area is 381 Å². The molecule has 2 aliphatic rings. The van der Waals surface area contributed by atoms with E-state index >= 15 is 0 Å². The van der Waals surface area contributed by atoms with Gasteiger partial charge in [-0.25, -0.2) is 9.97 Å². The van der Waals surface area contributed by atoms with Crippen LogP contribution in [0.25, 0.3) is 22.1 Å². The van der Waals surface area contributed by atoms with E-state index in [-0.39, 0.29) is 23.9 Å². The van der Waals surface area contributed by atoms with Gasteiger partial charge in [-0.3, -0.25) is 39.2 Å². The molecule has 0 bridgehead atoms. The number of rotatable bonds is 20. The molecule has 0 aliphatic carbocycles. The number of hydrogen-bond donors (Lipinski definition) is 4. The Hall–Kier alpha value is -7.06. The molecule has 0 saturated heterocycles. The maximum atomic E-state index is 13.9. The zero-order valence-corrected chi connectivity index (χ0v) is 38.3. The summed E-state index contributed by atoms with van der Waals surface area (Å²) in [7, 11) is 3.34. The number of carbonyl (C=O) groups is 4. The normalized spacial score (nSPS) is 15.7. The number of hydrogen-bond acceptors (Lipinski definition) is 12. The number of allylic oxidation sites excluding steroid dienone is 2. The molecule has 0 saturated carbocycles. The first-order valence-corrected chi connectivity index (χ1v) is 22.4. The number of nitrogens with zero attached hydrogens (tertiary/aromatic N) is 10. The van der Waals surface area contributed by atoms with E-state index in [4.69, 9.17) is 30.9 Å². The molecule has 20 nitrogen and oxygen atoms in total. The minimum Gasteiger partial charge on any atom is -0.385 e. The second-order valence-electron chi connectivity index (χ2n) is 16.8. The predicted octanol–water partition coefficient (Wildman–Crippen LogP) is 4.97. The molecule has 6 heterocycles. The number of benzene rings is 2. The van der Waals surface area contributed by atoms with Crippen LogP contribution in [0.15, 0.2) is 48.6 Å². The highest BCUT2D eigenvalue weighted by Crippen LogP contribution is 2.42.